The van der Waals surface area contributed by atoms with Crippen LogP contribution in [0.25, 0.3) is 0 Å². The number of likely N-dealkylation sites (tertiary alicyclic amines) is 1. The van der Waals surface area contributed by atoms with Crippen molar-refractivity contribution in [1.29, 1.82) is 0 Å². The minimum atomic E-state index is -0.782. The number of carboxylic acids is 1. The number of benzene rings is 1. The van der Waals surface area contributed by atoms with E-state index < -0.39 is 11.9 Å². The number of carbonyl (C=O) groups excluding carboxylic acids is 1. The highest BCUT2D eigenvalue weighted by molar-refractivity contribution is 6.30. The standard InChI is InChI=1S/C20H24ClNO3/c21-17-5-2-13(3-6-17)10-20(11-14-1-4-16(20)9-14)19(25)22-8-7-15(12-22)18(23)24/h2-3,5-6,14-16H,1,4,7-12H2,(H,23,24). The second kappa shape index (κ2) is 6.31. The van der Waals surface area contributed by atoms with E-state index >= 15 is 0 Å². The molecule has 1 saturated heterocycles. The Bertz CT molecular complexity index is 689. The molecule has 134 valence electrons. The molecule has 1 aromatic carbocycles. The van der Waals surface area contributed by atoms with Gasteiger partial charge in [-0.15, -0.1) is 0 Å². The Morgan fingerprint density at radius 3 is 2.52 bits per heavy atom. The minimum Gasteiger partial charge on any atom is -0.481 e. The van der Waals surface area contributed by atoms with Gasteiger partial charge >= 0.3 is 5.97 Å². The predicted molar refractivity (Wildman–Crippen MR) is 95.4 cm³/mol. The number of rotatable bonds is 4. The lowest BCUT2D eigenvalue weighted by Crippen LogP contribution is -2.47. The normalized spacial score (nSPS) is 33.8. The van der Waals surface area contributed by atoms with E-state index in [1.807, 2.05) is 29.2 Å². The summed E-state index contributed by atoms with van der Waals surface area (Å²) in [4.78, 5) is 26.6. The van der Waals surface area contributed by atoms with Crippen LogP contribution in [0.2, 0.25) is 5.02 Å². The molecule has 5 heteroatoms. The maximum absolute atomic E-state index is 13.5. The summed E-state index contributed by atoms with van der Waals surface area (Å²) < 4.78 is 0. The van der Waals surface area contributed by atoms with E-state index in [4.69, 9.17) is 11.6 Å². The lowest BCUT2D eigenvalue weighted by molar-refractivity contribution is -0.145. The fourth-order valence-corrected chi connectivity index (χ4v) is 5.55. The first-order valence-electron chi connectivity index (χ1n) is 9.24. The number of amides is 1. The van der Waals surface area contributed by atoms with Crippen LogP contribution in [-0.2, 0) is 16.0 Å². The largest absolute Gasteiger partial charge is 0.481 e. The van der Waals surface area contributed by atoms with E-state index in [9.17, 15) is 14.7 Å². The summed E-state index contributed by atoms with van der Waals surface area (Å²) in [5, 5.41) is 9.97. The van der Waals surface area contributed by atoms with E-state index in [1.54, 1.807) is 0 Å². The van der Waals surface area contributed by atoms with Gasteiger partial charge in [0, 0.05) is 18.1 Å². The van der Waals surface area contributed by atoms with Crippen molar-refractivity contribution in [3.63, 3.8) is 0 Å². The van der Waals surface area contributed by atoms with Gasteiger partial charge in [-0.3, -0.25) is 9.59 Å². The van der Waals surface area contributed by atoms with Crippen LogP contribution >= 0.6 is 11.6 Å². The van der Waals surface area contributed by atoms with Gasteiger partial charge in [0.05, 0.1) is 11.3 Å². The molecule has 1 heterocycles. The molecule has 0 radical (unpaired) electrons. The Balaban J connectivity index is 1.59. The summed E-state index contributed by atoms with van der Waals surface area (Å²) in [5.74, 6) is 0.0900. The lowest BCUT2D eigenvalue weighted by Gasteiger charge is -2.39. The van der Waals surface area contributed by atoms with Crippen LogP contribution in [0.3, 0.4) is 0 Å². The molecule has 3 fully saturated rings. The predicted octanol–water partition coefficient (Wildman–Crippen LogP) is 3.62. The third-order valence-electron chi connectivity index (χ3n) is 6.66. The van der Waals surface area contributed by atoms with Gasteiger partial charge in [-0.1, -0.05) is 30.2 Å². The number of halogens is 1. The van der Waals surface area contributed by atoms with Crippen LogP contribution < -0.4 is 0 Å². The zero-order chi connectivity index (χ0) is 17.6. The van der Waals surface area contributed by atoms with Crippen molar-refractivity contribution >= 4 is 23.5 Å². The van der Waals surface area contributed by atoms with Gasteiger partial charge in [0.15, 0.2) is 0 Å². The molecular formula is C20H24ClNO3. The van der Waals surface area contributed by atoms with Crippen molar-refractivity contribution < 1.29 is 14.7 Å². The van der Waals surface area contributed by atoms with Crippen molar-refractivity contribution in [2.24, 2.45) is 23.2 Å². The number of fused-ring (bicyclic) bond motifs is 2. The van der Waals surface area contributed by atoms with Gasteiger partial charge in [-0.2, -0.15) is 0 Å². The van der Waals surface area contributed by atoms with Crippen molar-refractivity contribution in [1.82, 2.24) is 4.90 Å². The van der Waals surface area contributed by atoms with Crippen LogP contribution in [0.5, 0.6) is 0 Å². The monoisotopic (exact) mass is 361 g/mol. The summed E-state index contributed by atoms with van der Waals surface area (Å²) in [6, 6.07) is 7.82. The third-order valence-corrected chi connectivity index (χ3v) is 6.91. The highest BCUT2D eigenvalue weighted by Crippen LogP contribution is 2.58. The highest BCUT2D eigenvalue weighted by atomic mass is 35.5. The quantitative estimate of drug-likeness (QED) is 0.891. The maximum Gasteiger partial charge on any atom is 0.308 e. The molecule has 0 spiro atoms. The molecule has 2 saturated carbocycles. The van der Waals surface area contributed by atoms with Gasteiger partial charge < -0.3 is 10.0 Å². The van der Waals surface area contributed by atoms with Gasteiger partial charge in [-0.05, 0) is 61.6 Å². The first-order chi connectivity index (χ1) is 12.0. The summed E-state index contributed by atoms with van der Waals surface area (Å²) in [5.41, 5.74) is 0.809. The van der Waals surface area contributed by atoms with Crippen LogP contribution in [0.15, 0.2) is 24.3 Å². The number of hydrogen-bond acceptors (Lipinski definition) is 2. The van der Waals surface area contributed by atoms with Crippen LogP contribution in [-0.4, -0.2) is 35.0 Å². The van der Waals surface area contributed by atoms with E-state index in [0.29, 0.717) is 36.4 Å². The van der Waals surface area contributed by atoms with Crippen molar-refractivity contribution in [2.45, 2.75) is 38.5 Å². The molecule has 2 bridgehead atoms. The Morgan fingerprint density at radius 1 is 1.20 bits per heavy atom. The summed E-state index contributed by atoms with van der Waals surface area (Å²) in [6.45, 7) is 0.948. The second-order valence-electron chi connectivity index (χ2n) is 8.11. The van der Waals surface area contributed by atoms with Crippen molar-refractivity contribution in [3.8, 4) is 0 Å². The molecule has 4 rings (SSSR count). The number of carbonyl (C=O) groups is 2. The van der Waals surface area contributed by atoms with E-state index in [0.717, 1.165) is 31.2 Å². The molecule has 25 heavy (non-hydrogen) atoms. The van der Waals surface area contributed by atoms with E-state index in [2.05, 4.69) is 0 Å². The van der Waals surface area contributed by atoms with Crippen LogP contribution in [0.4, 0.5) is 0 Å². The Kier molecular flexibility index (Phi) is 4.27. The molecule has 4 atom stereocenters. The Hall–Kier alpha value is -1.55. The summed E-state index contributed by atoms with van der Waals surface area (Å²) in [7, 11) is 0. The Morgan fingerprint density at radius 2 is 1.96 bits per heavy atom. The SMILES string of the molecule is O=C(O)C1CCN(C(=O)C2(Cc3ccc(Cl)cc3)CC3CCC2C3)C1. The molecule has 1 N–H and O–H groups in total. The van der Waals surface area contributed by atoms with Gasteiger partial charge in [0.25, 0.3) is 0 Å². The number of carboxylic acid groups (broad SMARTS) is 1. The number of aliphatic carboxylic acids is 1. The van der Waals surface area contributed by atoms with Gasteiger partial charge in [0.2, 0.25) is 5.91 Å². The molecule has 2 aliphatic carbocycles. The summed E-state index contributed by atoms with van der Waals surface area (Å²) >= 11 is 6.01. The fraction of sp³-hybridized carbons (Fsp3) is 0.600. The zero-order valence-electron chi connectivity index (χ0n) is 14.3. The molecule has 1 aromatic rings. The first-order valence-corrected chi connectivity index (χ1v) is 9.62. The van der Waals surface area contributed by atoms with Crippen molar-refractivity contribution in [3.05, 3.63) is 34.9 Å². The molecular weight excluding hydrogens is 338 g/mol. The molecule has 4 nitrogen and oxygen atoms in total. The minimum absolute atomic E-state index is 0.193. The van der Waals surface area contributed by atoms with Crippen molar-refractivity contribution in [2.75, 3.05) is 13.1 Å². The van der Waals surface area contributed by atoms with E-state index in [-0.39, 0.29) is 11.3 Å². The lowest BCUT2D eigenvalue weighted by atomic mass is 9.68. The molecule has 1 aliphatic heterocycles. The Labute approximate surface area is 153 Å². The first kappa shape index (κ1) is 16.9. The smallest absolute Gasteiger partial charge is 0.308 e. The zero-order valence-corrected chi connectivity index (χ0v) is 15.0. The third kappa shape index (κ3) is 2.95. The van der Waals surface area contributed by atoms with Crippen LogP contribution in [0, 0.1) is 23.2 Å². The fourth-order valence-electron chi connectivity index (χ4n) is 5.43. The number of nitrogens with zero attached hydrogens (tertiary/aromatic N) is 1. The maximum atomic E-state index is 13.5. The second-order valence-corrected chi connectivity index (χ2v) is 8.55. The van der Waals surface area contributed by atoms with Gasteiger partial charge in [0.1, 0.15) is 0 Å². The molecule has 4 unspecified atom stereocenters. The number of hydrogen-bond donors (Lipinski definition) is 1. The molecule has 0 aromatic heterocycles. The molecule has 3 aliphatic rings. The average Bonchev–Trinajstić information content (AvgIpc) is 3.32. The molecule has 1 amide bonds. The van der Waals surface area contributed by atoms with E-state index in [1.165, 1.54) is 6.42 Å². The highest BCUT2D eigenvalue weighted by Gasteiger charge is 2.56. The summed E-state index contributed by atoms with van der Waals surface area (Å²) in [6.07, 6.45) is 5.78. The average molecular weight is 362 g/mol. The van der Waals surface area contributed by atoms with Gasteiger partial charge in [-0.25, -0.2) is 0 Å². The van der Waals surface area contributed by atoms with Crippen LogP contribution in [0.1, 0.15) is 37.7 Å². The topological polar surface area (TPSA) is 57.6 Å².